The van der Waals surface area contributed by atoms with Crippen LogP contribution in [0.2, 0.25) is 0 Å². The quantitative estimate of drug-likeness (QED) is 0.477. The third-order valence-electron chi connectivity index (χ3n) is 4.87. The van der Waals surface area contributed by atoms with Gasteiger partial charge in [-0.3, -0.25) is 10.3 Å². The molecule has 4 rings (SSSR count). The summed E-state index contributed by atoms with van der Waals surface area (Å²) in [6.45, 7) is 0. The molecule has 1 fully saturated rings. The lowest BCUT2D eigenvalue weighted by Crippen LogP contribution is -2.37. The summed E-state index contributed by atoms with van der Waals surface area (Å²) in [4.78, 5) is 11.4. The number of hydrogen-bond donors (Lipinski definition) is 4. The minimum atomic E-state index is -0.880. The first kappa shape index (κ1) is 22.5. The third-order valence-corrected chi connectivity index (χ3v) is 5.93. The summed E-state index contributed by atoms with van der Waals surface area (Å²) < 4.78 is 43.8. The van der Waals surface area contributed by atoms with Crippen molar-refractivity contribution in [3.63, 3.8) is 0 Å². The molecule has 174 valence electrons. The van der Waals surface area contributed by atoms with Crippen molar-refractivity contribution in [1.29, 1.82) is 5.41 Å². The first-order valence-corrected chi connectivity index (χ1v) is 10.3. The molecule has 0 amide bonds. The fourth-order valence-corrected chi connectivity index (χ4v) is 4.28. The van der Waals surface area contributed by atoms with Gasteiger partial charge in [-0.1, -0.05) is 11.8 Å². The molecule has 13 heteroatoms. The zero-order chi connectivity index (χ0) is 23.9. The van der Waals surface area contributed by atoms with Gasteiger partial charge >= 0.3 is 0 Å². The van der Waals surface area contributed by atoms with Gasteiger partial charge in [0.05, 0.1) is 38.3 Å². The zero-order valence-electron chi connectivity index (χ0n) is 17.7. The smallest absolute Gasteiger partial charge is 0.265 e. The SMILES string of the molecule is COc1cc(N2C(=N)C(=C3N=C(c4cc(N)c(F)cc4F)NO3)SC2N)cc(OC)c1OC. The standard InChI is InChI=1S/C20H20F2N6O4S/c1-29-13-4-8(5-14(30-2)15(13)31-3)28-17(24)16(33-20(28)25)19-26-18(27-32-19)9-6-12(23)11(22)7-10(9)21/h4-7,20,24H,23,25H2,1-3H3,(H,26,27). The molecule has 0 saturated carbocycles. The monoisotopic (exact) mass is 478 g/mol. The van der Waals surface area contributed by atoms with Gasteiger partial charge in [0.2, 0.25) is 5.75 Å². The molecule has 2 aliphatic rings. The van der Waals surface area contributed by atoms with E-state index in [1.54, 1.807) is 12.1 Å². The van der Waals surface area contributed by atoms with E-state index in [9.17, 15) is 8.78 Å². The first-order chi connectivity index (χ1) is 15.8. The van der Waals surface area contributed by atoms with E-state index >= 15 is 0 Å². The summed E-state index contributed by atoms with van der Waals surface area (Å²) in [5.74, 6) is -0.595. The van der Waals surface area contributed by atoms with Crippen LogP contribution in [0, 0.1) is 17.0 Å². The Hall–Kier alpha value is -3.71. The van der Waals surface area contributed by atoms with E-state index in [0.29, 0.717) is 33.9 Å². The molecule has 0 radical (unpaired) electrons. The molecule has 0 aliphatic carbocycles. The molecule has 1 atom stereocenters. The number of benzene rings is 2. The average molecular weight is 478 g/mol. The number of methoxy groups -OCH3 is 3. The molecule has 1 unspecified atom stereocenters. The largest absolute Gasteiger partial charge is 0.493 e. The Morgan fingerprint density at radius 3 is 2.36 bits per heavy atom. The summed E-state index contributed by atoms with van der Waals surface area (Å²) in [5, 5.41) is 8.66. The van der Waals surface area contributed by atoms with Crippen LogP contribution in [0.3, 0.4) is 0 Å². The van der Waals surface area contributed by atoms with E-state index in [1.807, 2.05) is 0 Å². The Balaban J connectivity index is 1.71. The van der Waals surface area contributed by atoms with E-state index in [1.165, 1.54) is 26.2 Å². The molecule has 2 aromatic rings. The minimum absolute atomic E-state index is 0.00712. The number of nitrogens with zero attached hydrogens (tertiary/aromatic N) is 2. The molecule has 6 N–H and O–H groups in total. The minimum Gasteiger partial charge on any atom is -0.493 e. The second-order valence-corrected chi connectivity index (χ2v) is 7.89. The maximum Gasteiger partial charge on any atom is 0.265 e. The van der Waals surface area contributed by atoms with Gasteiger partial charge < -0.3 is 30.5 Å². The van der Waals surface area contributed by atoms with Crippen LogP contribution in [0.4, 0.5) is 20.2 Å². The summed E-state index contributed by atoms with van der Waals surface area (Å²) >= 11 is 1.11. The Morgan fingerprint density at radius 1 is 1.09 bits per heavy atom. The van der Waals surface area contributed by atoms with Gasteiger partial charge in [0.15, 0.2) is 17.3 Å². The number of hydroxylamine groups is 1. The fourth-order valence-electron chi connectivity index (χ4n) is 3.30. The number of aliphatic imine (C=N–C) groups is 1. The maximum atomic E-state index is 14.2. The predicted octanol–water partition coefficient (Wildman–Crippen LogP) is 2.50. The van der Waals surface area contributed by atoms with E-state index in [-0.39, 0.29) is 28.8 Å². The molecule has 0 spiro atoms. The van der Waals surface area contributed by atoms with Crippen molar-refractivity contribution in [3.8, 4) is 17.2 Å². The molecule has 2 aromatic carbocycles. The van der Waals surface area contributed by atoms with Gasteiger partial charge in [-0.15, -0.1) is 0 Å². The van der Waals surface area contributed by atoms with Crippen LogP contribution in [0.25, 0.3) is 0 Å². The van der Waals surface area contributed by atoms with E-state index in [4.69, 9.17) is 35.9 Å². The molecular weight excluding hydrogens is 458 g/mol. The van der Waals surface area contributed by atoms with Gasteiger partial charge in [0.1, 0.15) is 27.9 Å². The molecule has 2 aliphatic heterocycles. The Morgan fingerprint density at radius 2 is 1.76 bits per heavy atom. The highest BCUT2D eigenvalue weighted by Crippen LogP contribution is 2.45. The van der Waals surface area contributed by atoms with E-state index < -0.39 is 17.1 Å². The Labute approximate surface area is 191 Å². The van der Waals surface area contributed by atoms with Crippen molar-refractivity contribution < 1.29 is 27.8 Å². The maximum absolute atomic E-state index is 14.2. The van der Waals surface area contributed by atoms with Crippen molar-refractivity contribution in [3.05, 3.63) is 52.3 Å². The number of nitrogen functional groups attached to an aromatic ring is 1. The van der Waals surface area contributed by atoms with Crippen molar-refractivity contribution in [2.75, 3.05) is 32.0 Å². The summed E-state index contributed by atoms with van der Waals surface area (Å²) in [6.07, 6.45) is 0. The average Bonchev–Trinajstić information content (AvgIpc) is 3.39. The number of nitrogens with one attached hydrogen (secondary N) is 2. The predicted molar refractivity (Wildman–Crippen MR) is 120 cm³/mol. The Bertz CT molecular complexity index is 1180. The normalized spacial score (nSPS) is 19.8. The van der Waals surface area contributed by atoms with Crippen LogP contribution in [-0.2, 0) is 4.84 Å². The second kappa shape index (κ2) is 8.67. The first-order valence-electron chi connectivity index (χ1n) is 9.40. The third kappa shape index (κ3) is 3.85. The van der Waals surface area contributed by atoms with Crippen LogP contribution >= 0.6 is 11.8 Å². The fraction of sp³-hybridized carbons (Fsp3) is 0.200. The second-order valence-electron chi connectivity index (χ2n) is 6.76. The number of thioether (sulfide) groups is 1. The van der Waals surface area contributed by atoms with Gasteiger partial charge in [-0.05, 0) is 6.07 Å². The van der Waals surface area contributed by atoms with Crippen LogP contribution in [0.1, 0.15) is 5.56 Å². The summed E-state index contributed by atoms with van der Waals surface area (Å²) in [5.41, 5.74) is 13.8. The highest BCUT2D eigenvalue weighted by molar-refractivity contribution is 8.05. The Kier molecular flexibility index (Phi) is 5.91. The molecule has 10 nitrogen and oxygen atoms in total. The van der Waals surface area contributed by atoms with Gasteiger partial charge in [0.25, 0.3) is 5.88 Å². The molecule has 0 aromatic heterocycles. The van der Waals surface area contributed by atoms with Crippen LogP contribution in [-0.4, -0.2) is 38.5 Å². The number of hydrogen-bond acceptors (Lipinski definition) is 10. The molecule has 33 heavy (non-hydrogen) atoms. The van der Waals surface area contributed by atoms with Crippen molar-refractivity contribution in [2.24, 2.45) is 10.7 Å². The number of anilines is 2. The number of ether oxygens (including phenoxy) is 3. The van der Waals surface area contributed by atoms with Crippen LogP contribution in [0.5, 0.6) is 17.2 Å². The van der Waals surface area contributed by atoms with Crippen LogP contribution < -0.4 is 36.1 Å². The highest BCUT2D eigenvalue weighted by Gasteiger charge is 2.38. The van der Waals surface area contributed by atoms with Crippen molar-refractivity contribution >= 4 is 34.8 Å². The molecule has 2 heterocycles. The lowest BCUT2D eigenvalue weighted by atomic mass is 10.1. The number of halogens is 2. The van der Waals surface area contributed by atoms with Gasteiger partial charge in [0, 0.05) is 18.2 Å². The van der Waals surface area contributed by atoms with Crippen molar-refractivity contribution in [2.45, 2.75) is 5.50 Å². The van der Waals surface area contributed by atoms with E-state index in [2.05, 4.69) is 10.5 Å². The lowest BCUT2D eigenvalue weighted by Gasteiger charge is -2.24. The zero-order valence-corrected chi connectivity index (χ0v) is 18.5. The highest BCUT2D eigenvalue weighted by atomic mass is 32.2. The summed E-state index contributed by atoms with van der Waals surface area (Å²) in [6, 6.07) is 5.08. The van der Waals surface area contributed by atoms with Gasteiger partial charge in [-0.2, -0.15) is 4.99 Å². The topological polar surface area (TPSA) is 140 Å². The molecular formula is C20H20F2N6O4S. The van der Waals surface area contributed by atoms with E-state index in [0.717, 1.165) is 17.8 Å². The summed E-state index contributed by atoms with van der Waals surface area (Å²) in [7, 11) is 4.45. The molecule has 1 saturated heterocycles. The van der Waals surface area contributed by atoms with Crippen LogP contribution in [0.15, 0.2) is 40.0 Å². The number of amidine groups is 2. The number of nitrogens with two attached hydrogens (primary N) is 2. The molecule has 0 bridgehead atoms. The number of rotatable bonds is 5. The van der Waals surface area contributed by atoms with Gasteiger partial charge in [-0.25, -0.2) is 14.3 Å². The van der Waals surface area contributed by atoms with Crippen molar-refractivity contribution in [1.82, 2.24) is 5.48 Å². The lowest BCUT2D eigenvalue weighted by molar-refractivity contribution is 0.177.